The van der Waals surface area contributed by atoms with Gasteiger partial charge >= 0.3 is 6.09 Å². The van der Waals surface area contributed by atoms with Gasteiger partial charge < -0.3 is 35.4 Å². The number of alkyl carbamates (subject to hydrolysis) is 1. The van der Waals surface area contributed by atoms with E-state index in [9.17, 15) is 13.6 Å². The van der Waals surface area contributed by atoms with E-state index in [-0.39, 0.29) is 35.8 Å². The molecule has 10 heterocycles. The molecule has 364 valence electrons. The van der Waals surface area contributed by atoms with E-state index in [4.69, 9.17) is 30.6 Å². The van der Waals surface area contributed by atoms with Gasteiger partial charge in [0, 0.05) is 45.3 Å². The predicted molar refractivity (Wildman–Crippen MR) is 269 cm³/mol. The molecular formula is C53H56F2N14O2. The van der Waals surface area contributed by atoms with E-state index in [1.165, 1.54) is 12.1 Å². The van der Waals surface area contributed by atoms with Crippen LogP contribution in [-0.4, -0.2) is 102 Å². The Kier molecular flexibility index (Phi) is 12.2. The summed E-state index contributed by atoms with van der Waals surface area (Å²) in [6, 6.07) is 33.9. The molecule has 4 fully saturated rings. The first-order valence-corrected chi connectivity index (χ1v) is 24.3. The molecule has 16 nitrogen and oxygen atoms in total. The molecule has 2 atom stereocenters. The molecule has 0 saturated carbocycles. The summed E-state index contributed by atoms with van der Waals surface area (Å²) in [5.41, 5.74) is 12.1. The number of imidazole rings is 2. The van der Waals surface area contributed by atoms with E-state index in [2.05, 4.69) is 34.9 Å². The lowest BCUT2D eigenvalue weighted by Gasteiger charge is -2.40. The SMILES string of the molecule is CC(C)(C)OC(=O)NC1CN(c2cccc(-c3cnc4ccc(N5CCC[C@@H]5c5cccc(F)c5)nn34)n2)C1.NC1CN(c2cccc(-c3cnc4ccc(N5CCC[C@@H]5c5cccc(F)c5)nn34)n2)C1. The van der Waals surface area contributed by atoms with Crippen LogP contribution in [0.1, 0.15) is 69.7 Å². The smallest absolute Gasteiger partial charge is 0.407 e. The molecule has 8 aromatic rings. The first kappa shape index (κ1) is 45.7. The molecule has 0 spiro atoms. The van der Waals surface area contributed by atoms with Crippen LogP contribution in [0, 0.1) is 11.6 Å². The number of nitrogens with zero attached hydrogens (tertiary/aromatic N) is 12. The molecule has 12 rings (SSSR count). The fourth-order valence-corrected chi connectivity index (χ4v) is 10.0. The van der Waals surface area contributed by atoms with Crippen LogP contribution in [0.25, 0.3) is 34.1 Å². The van der Waals surface area contributed by atoms with Gasteiger partial charge in [-0.1, -0.05) is 36.4 Å². The minimum Gasteiger partial charge on any atom is -0.444 e. The quantitative estimate of drug-likeness (QED) is 0.142. The van der Waals surface area contributed by atoms with Gasteiger partial charge in [-0.05, 0) is 130 Å². The zero-order chi connectivity index (χ0) is 48.8. The number of amides is 1. The van der Waals surface area contributed by atoms with Crippen molar-refractivity contribution in [3.63, 3.8) is 0 Å². The summed E-state index contributed by atoms with van der Waals surface area (Å²) in [7, 11) is 0. The second kappa shape index (κ2) is 18.9. The second-order valence-corrected chi connectivity index (χ2v) is 19.7. The summed E-state index contributed by atoms with van der Waals surface area (Å²) in [6.45, 7) is 10.2. The summed E-state index contributed by atoms with van der Waals surface area (Å²) in [4.78, 5) is 39.6. The third kappa shape index (κ3) is 9.63. The highest BCUT2D eigenvalue weighted by Crippen LogP contribution is 2.38. The van der Waals surface area contributed by atoms with Crippen LogP contribution in [0.3, 0.4) is 0 Å². The summed E-state index contributed by atoms with van der Waals surface area (Å²) >= 11 is 0. The summed E-state index contributed by atoms with van der Waals surface area (Å²) in [5, 5.41) is 12.8. The van der Waals surface area contributed by atoms with Crippen molar-refractivity contribution < 1.29 is 18.3 Å². The molecule has 71 heavy (non-hydrogen) atoms. The van der Waals surface area contributed by atoms with Crippen molar-refractivity contribution in [2.24, 2.45) is 5.73 Å². The van der Waals surface area contributed by atoms with E-state index in [1.807, 2.05) is 109 Å². The first-order chi connectivity index (χ1) is 34.4. The number of hydrogen-bond donors (Lipinski definition) is 2. The summed E-state index contributed by atoms with van der Waals surface area (Å²) in [6.07, 6.45) is 7.17. The van der Waals surface area contributed by atoms with Gasteiger partial charge in [-0.25, -0.2) is 42.5 Å². The second-order valence-electron chi connectivity index (χ2n) is 19.7. The Morgan fingerprint density at radius 2 is 1.11 bits per heavy atom. The third-order valence-corrected chi connectivity index (χ3v) is 13.4. The molecule has 1 amide bonds. The topological polar surface area (TPSA) is 163 Å². The van der Waals surface area contributed by atoms with Crippen molar-refractivity contribution >= 4 is 40.7 Å². The highest BCUT2D eigenvalue weighted by atomic mass is 19.1. The van der Waals surface area contributed by atoms with Gasteiger partial charge in [0.2, 0.25) is 0 Å². The summed E-state index contributed by atoms with van der Waals surface area (Å²) < 4.78 is 36.8. The number of halogens is 2. The van der Waals surface area contributed by atoms with Crippen molar-refractivity contribution in [1.29, 1.82) is 0 Å². The molecular weight excluding hydrogens is 903 g/mol. The van der Waals surface area contributed by atoms with E-state index in [0.717, 1.165) is 120 Å². The maximum absolute atomic E-state index is 13.9. The van der Waals surface area contributed by atoms with Crippen molar-refractivity contribution in [3.05, 3.63) is 144 Å². The van der Waals surface area contributed by atoms with E-state index in [0.29, 0.717) is 13.1 Å². The number of pyridine rings is 2. The van der Waals surface area contributed by atoms with E-state index >= 15 is 0 Å². The number of fused-ring (bicyclic) bond motifs is 2. The van der Waals surface area contributed by atoms with Crippen molar-refractivity contribution in [2.45, 2.75) is 76.2 Å². The average Bonchev–Trinajstić information content (AvgIpc) is 4.18. The van der Waals surface area contributed by atoms with Crippen LogP contribution < -0.4 is 30.7 Å². The standard InChI is InChI=1S/C29H32FN7O2.C24H24FN7/c1-29(2,3)39-28(38)32-21-17-35(18-21)26-11-5-9-22(33-26)24-16-31-25-12-13-27(34-37(24)25)36-14-6-10-23(36)19-7-4-8-20(30)15-19;25-17-5-1-4-16(12-17)20-7-3-11-31(20)24-10-9-22-27-13-21(32(22)29-24)19-6-2-8-23(28-19)30-14-18(26)15-30/h4-5,7-9,11-13,15-16,21,23H,6,10,14,17-18H2,1-3H3,(H,32,38);1-2,4-6,8-10,12-13,18,20H,3,7,11,14-15,26H2/t23-;20-/m11/s1. The maximum Gasteiger partial charge on any atom is 0.407 e. The number of benzene rings is 2. The molecule has 4 saturated heterocycles. The van der Waals surface area contributed by atoms with Gasteiger partial charge in [-0.2, -0.15) is 0 Å². The number of nitrogens with two attached hydrogens (primary N) is 1. The number of rotatable bonds is 9. The number of aromatic nitrogens is 8. The Balaban J connectivity index is 0.000000157. The Bertz CT molecular complexity index is 3220. The molecule has 6 aromatic heterocycles. The van der Waals surface area contributed by atoms with Crippen LogP contribution in [-0.2, 0) is 4.74 Å². The monoisotopic (exact) mass is 958 g/mol. The number of carbonyl (C=O) groups excluding carboxylic acids is 1. The van der Waals surface area contributed by atoms with Gasteiger partial charge in [-0.15, -0.1) is 10.2 Å². The van der Waals surface area contributed by atoms with E-state index in [1.54, 1.807) is 30.5 Å². The fourth-order valence-electron chi connectivity index (χ4n) is 10.0. The zero-order valence-electron chi connectivity index (χ0n) is 39.9. The highest BCUT2D eigenvalue weighted by molar-refractivity contribution is 5.69. The van der Waals surface area contributed by atoms with Gasteiger partial charge in [0.1, 0.15) is 51.9 Å². The molecule has 0 unspecified atom stereocenters. The average molecular weight is 959 g/mol. The lowest BCUT2D eigenvalue weighted by Crippen LogP contribution is -2.60. The van der Waals surface area contributed by atoms with Gasteiger partial charge in [0.25, 0.3) is 0 Å². The number of carbonyl (C=O) groups is 1. The molecule has 3 N–H and O–H groups in total. The molecule has 0 aliphatic carbocycles. The van der Waals surface area contributed by atoms with Crippen LogP contribution in [0.15, 0.2) is 122 Å². The van der Waals surface area contributed by atoms with Crippen molar-refractivity contribution in [2.75, 3.05) is 58.9 Å². The molecule has 0 bridgehead atoms. The zero-order valence-corrected chi connectivity index (χ0v) is 39.9. The Hall–Kier alpha value is -7.73. The number of hydrogen-bond acceptors (Lipinski definition) is 13. The molecule has 18 heteroatoms. The summed E-state index contributed by atoms with van der Waals surface area (Å²) in [5.74, 6) is 2.99. The minimum absolute atomic E-state index is 0.0109. The van der Waals surface area contributed by atoms with Crippen LogP contribution in [0.2, 0.25) is 0 Å². The maximum atomic E-state index is 13.9. The van der Waals surface area contributed by atoms with Crippen LogP contribution in [0.5, 0.6) is 0 Å². The highest BCUT2D eigenvalue weighted by Gasteiger charge is 2.33. The number of nitrogens with one attached hydrogen (secondary N) is 1. The number of anilines is 4. The Morgan fingerprint density at radius 3 is 1.58 bits per heavy atom. The number of ether oxygens (including phenoxy) is 1. The van der Waals surface area contributed by atoms with Gasteiger partial charge in [0.15, 0.2) is 11.3 Å². The van der Waals surface area contributed by atoms with E-state index < -0.39 is 11.7 Å². The Labute approximate surface area is 410 Å². The normalized spacial score (nSPS) is 18.4. The minimum atomic E-state index is -0.527. The predicted octanol–water partition coefficient (Wildman–Crippen LogP) is 8.40. The van der Waals surface area contributed by atoms with Gasteiger partial charge in [0.05, 0.1) is 41.9 Å². The van der Waals surface area contributed by atoms with Crippen LogP contribution >= 0.6 is 0 Å². The van der Waals surface area contributed by atoms with Crippen LogP contribution in [0.4, 0.5) is 36.8 Å². The largest absolute Gasteiger partial charge is 0.444 e. The molecule has 4 aliphatic rings. The lowest BCUT2D eigenvalue weighted by atomic mass is 10.0. The van der Waals surface area contributed by atoms with Crippen molar-refractivity contribution in [3.8, 4) is 22.8 Å². The molecule has 0 radical (unpaired) electrons. The molecule has 4 aliphatic heterocycles. The first-order valence-electron chi connectivity index (χ1n) is 24.3. The fraction of sp³-hybridized carbons (Fsp3) is 0.340. The Morgan fingerprint density at radius 1 is 0.634 bits per heavy atom. The lowest BCUT2D eigenvalue weighted by molar-refractivity contribution is 0.0496. The van der Waals surface area contributed by atoms with Crippen molar-refractivity contribution in [1.82, 2.24) is 44.5 Å². The molecule has 2 aromatic carbocycles. The van der Waals surface area contributed by atoms with Gasteiger partial charge in [-0.3, -0.25) is 0 Å². The third-order valence-electron chi connectivity index (χ3n) is 13.4.